The molecule has 1 aliphatic rings. The van der Waals surface area contributed by atoms with E-state index in [1.807, 2.05) is 18.2 Å². The van der Waals surface area contributed by atoms with Crippen LogP contribution in [0.15, 0.2) is 77.8 Å². The summed E-state index contributed by atoms with van der Waals surface area (Å²) in [5.41, 5.74) is 2.11. The lowest BCUT2D eigenvalue weighted by Crippen LogP contribution is -2.35. The minimum Gasteiger partial charge on any atom is -0.379 e. The van der Waals surface area contributed by atoms with Crippen LogP contribution in [0, 0.1) is 0 Å². The molecule has 2 N–H and O–H groups in total. The van der Waals surface area contributed by atoms with Gasteiger partial charge in [0, 0.05) is 37.1 Å². The fourth-order valence-corrected chi connectivity index (χ4v) is 4.38. The minimum absolute atomic E-state index is 0.0775. The van der Waals surface area contributed by atoms with Crippen molar-refractivity contribution in [1.29, 1.82) is 0 Å². The number of hydrogen-bond donors (Lipinski definition) is 2. The number of hydrogen-bond acceptors (Lipinski definition) is 6. The Hall–Kier alpha value is -3.27. The lowest BCUT2D eigenvalue weighted by atomic mass is 10.1. The van der Waals surface area contributed by atoms with Crippen LogP contribution in [0.5, 0.6) is 0 Å². The van der Waals surface area contributed by atoms with Crippen LogP contribution in [0.1, 0.15) is 15.9 Å². The standard InChI is InChI=1S/C23H24N4O4S/c28-23(19-5-3-4-18(16-19)17-27-12-14-31-15-13-27)25-20-7-9-21(10-8-20)32(29,30)26-22-6-1-2-11-24-22/h1-11,16H,12-15,17H2,(H,24,26)(H,25,28). The van der Waals surface area contributed by atoms with Crippen LogP contribution in [0.4, 0.5) is 11.5 Å². The van der Waals surface area contributed by atoms with E-state index in [1.54, 1.807) is 36.4 Å². The van der Waals surface area contributed by atoms with E-state index >= 15 is 0 Å². The highest BCUT2D eigenvalue weighted by Gasteiger charge is 2.16. The number of rotatable bonds is 7. The lowest BCUT2D eigenvalue weighted by Gasteiger charge is -2.26. The molecule has 2 aromatic carbocycles. The summed E-state index contributed by atoms with van der Waals surface area (Å²) < 4.78 is 32.8. The molecule has 166 valence electrons. The largest absolute Gasteiger partial charge is 0.379 e. The first kappa shape index (κ1) is 21.9. The molecule has 2 heterocycles. The van der Waals surface area contributed by atoms with Gasteiger partial charge in [0.15, 0.2) is 0 Å². The van der Waals surface area contributed by atoms with Crippen LogP contribution >= 0.6 is 0 Å². The number of pyridine rings is 1. The highest BCUT2D eigenvalue weighted by Crippen LogP contribution is 2.18. The number of ether oxygens (including phenoxy) is 1. The Morgan fingerprint density at radius 3 is 2.50 bits per heavy atom. The number of nitrogens with zero attached hydrogens (tertiary/aromatic N) is 2. The lowest BCUT2D eigenvalue weighted by molar-refractivity contribution is 0.0342. The number of carbonyl (C=O) groups is 1. The van der Waals surface area contributed by atoms with E-state index in [0.29, 0.717) is 11.3 Å². The summed E-state index contributed by atoms with van der Waals surface area (Å²) in [6, 6.07) is 18.5. The van der Waals surface area contributed by atoms with E-state index in [1.165, 1.54) is 18.3 Å². The SMILES string of the molecule is O=C(Nc1ccc(S(=O)(=O)Nc2ccccn2)cc1)c1cccc(CN2CCOCC2)c1. The van der Waals surface area contributed by atoms with Gasteiger partial charge < -0.3 is 10.1 Å². The van der Waals surface area contributed by atoms with Crippen molar-refractivity contribution in [2.45, 2.75) is 11.4 Å². The average Bonchev–Trinajstić information content (AvgIpc) is 2.81. The summed E-state index contributed by atoms with van der Waals surface area (Å²) >= 11 is 0. The number of sulfonamides is 1. The maximum atomic E-state index is 12.7. The molecule has 1 saturated heterocycles. The van der Waals surface area contributed by atoms with Crippen LogP contribution in [0.2, 0.25) is 0 Å². The number of aromatic nitrogens is 1. The summed E-state index contributed by atoms with van der Waals surface area (Å²) in [6.07, 6.45) is 1.51. The fourth-order valence-electron chi connectivity index (χ4n) is 3.37. The van der Waals surface area contributed by atoms with Crippen LogP contribution in [-0.4, -0.2) is 50.5 Å². The van der Waals surface area contributed by atoms with Gasteiger partial charge >= 0.3 is 0 Å². The average molecular weight is 453 g/mol. The van der Waals surface area contributed by atoms with Gasteiger partial charge in [0.2, 0.25) is 0 Å². The number of amides is 1. The Labute approximate surface area is 187 Å². The first-order valence-corrected chi connectivity index (χ1v) is 11.7. The molecule has 32 heavy (non-hydrogen) atoms. The second-order valence-electron chi connectivity index (χ2n) is 7.39. The molecular formula is C23H24N4O4S. The van der Waals surface area contributed by atoms with Gasteiger partial charge in [-0.2, -0.15) is 0 Å². The predicted octanol–water partition coefficient (Wildman–Crippen LogP) is 2.97. The van der Waals surface area contributed by atoms with Crippen LogP contribution in [0.25, 0.3) is 0 Å². The van der Waals surface area contributed by atoms with Crippen molar-refractivity contribution in [3.63, 3.8) is 0 Å². The number of nitrogens with one attached hydrogen (secondary N) is 2. The van der Waals surface area contributed by atoms with E-state index in [2.05, 4.69) is 19.9 Å². The van der Waals surface area contributed by atoms with E-state index in [0.717, 1.165) is 38.4 Å². The van der Waals surface area contributed by atoms with E-state index in [-0.39, 0.29) is 16.6 Å². The van der Waals surface area contributed by atoms with Crippen molar-refractivity contribution in [2.75, 3.05) is 36.3 Å². The molecule has 0 saturated carbocycles. The molecule has 4 rings (SSSR count). The number of anilines is 2. The second kappa shape index (κ2) is 9.90. The predicted molar refractivity (Wildman–Crippen MR) is 122 cm³/mol. The van der Waals surface area contributed by atoms with Gasteiger partial charge in [0.05, 0.1) is 18.1 Å². The molecular weight excluding hydrogens is 428 g/mol. The third-order valence-electron chi connectivity index (χ3n) is 5.03. The molecule has 0 unspecified atom stereocenters. The molecule has 1 amide bonds. The zero-order chi connectivity index (χ0) is 22.4. The molecule has 0 spiro atoms. The number of benzene rings is 2. The van der Waals surface area contributed by atoms with Crippen molar-refractivity contribution in [3.8, 4) is 0 Å². The van der Waals surface area contributed by atoms with Gasteiger partial charge in [-0.15, -0.1) is 0 Å². The molecule has 3 aromatic rings. The van der Waals surface area contributed by atoms with E-state index < -0.39 is 10.0 Å². The van der Waals surface area contributed by atoms with Crippen molar-refractivity contribution in [1.82, 2.24) is 9.88 Å². The van der Waals surface area contributed by atoms with Crippen molar-refractivity contribution >= 4 is 27.4 Å². The van der Waals surface area contributed by atoms with E-state index in [4.69, 9.17) is 4.74 Å². The maximum Gasteiger partial charge on any atom is 0.263 e. The van der Waals surface area contributed by atoms with E-state index in [9.17, 15) is 13.2 Å². The highest BCUT2D eigenvalue weighted by atomic mass is 32.2. The molecule has 1 aliphatic heterocycles. The highest BCUT2D eigenvalue weighted by molar-refractivity contribution is 7.92. The zero-order valence-electron chi connectivity index (χ0n) is 17.4. The number of morpholine rings is 1. The Morgan fingerprint density at radius 1 is 1.00 bits per heavy atom. The maximum absolute atomic E-state index is 12.7. The zero-order valence-corrected chi connectivity index (χ0v) is 18.2. The Morgan fingerprint density at radius 2 is 1.78 bits per heavy atom. The Balaban J connectivity index is 1.40. The molecule has 1 fully saturated rings. The van der Waals surface area contributed by atoms with Crippen molar-refractivity contribution < 1.29 is 17.9 Å². The normalized spacial score (nSPS) is 14.6. The quantitative estimate of drug-likeness (QED) is 0.572. The van der Waals surface area contributed by atoms with Gasteiger partial charge in [-0.3, -0.25) is 14.4 Å². The summed E-state index contributed by atoms with van der Waals surface area (Å²) in [5.74, 6) is -0.0158. The Bertz CT molecular complexity index is 1160. The summed E-state index contributed by atoms with van der Waals surface area (Å²) in [6.45, 7) is 3.97. The second-order valence-corrected chi connectivity index (χ2v) is 9.07. The van der Waals surface area contributed by atoms with Gasteiger partial charge in [-0.25, -0.2) is 13.4 Å². The molecule has 0 aliphatic carbocycles. The first-order valence-electron chi connectivity index (χ1n) is 10.2. The first-order chi connectivity index (χ1) is 15.5. The van der Waals surface area contributed by atoms with Crippen molar-refractivity contribution in [2.24, 2.45) is 0 Å². The third-order valence-corrected chi connectivity index (χ3v) is 6.40. The molecule has 0 atom stereocenters. The minimum atomic E-state index is -3.77. The van der Waals surface area contributed by atoms with Crippen LogP contribution in [0.3, 0.4) is 0 Å². The number of carbonyl (C=O) groups excluding carboxylic acids is 1. The summed E-state index contributed by atoms with van der Waals surface area (Å²) in [7, 11) is -3.77. The van der Waals surface area contributed by atoms with Crippen LogP contribution < -0.4 is 10.0 Å². The molecule has 1 aromatic heterocycles. The fraction of sp³-hybridized carbons (Fsp3) is 0.217. The van der Waals surface area contributed by atoms with Crippen LogP contribution in [-0.2, 0) is 21.3 Å². The van der Waals surface area contributed by atoms with Gasteiger partial charge in [-0.05, 0) is 54.1 Å². The molecule has 9 heteroatoms. The Kier molecular flexibility index (Phi) is 6.79. The third kappa shape index (κ3) is 5.70. The van der Waals surface area contributed by atoms with Gasteiger partial charge in [0.1, 0.15) is 5.82 Å². The topological polar surface area (TPSA) is 101 Å². The molecule has 0 bridgehead atoms. The monoisotopic (exact) mass is 452 g/mol. The van der Waals surface area contributed by atoms with Crippen molar-refractivity contribution in [3.05, 3.63) is 84.1 Å². The summed E-state index contributed by atoms with van der Waals surface area (Å²) in [5, 5.41) is 2.82. The smallest absolute Gasteiger partial charge is 0.263 e. The molecule has 8 nitrogen and oxygen atoms in total. The summed E-state index contributed by atoms with van der Waals surface area (Å²) in [4.78, 5) is 19.0. The van der Waals surface area contributed by atoms with Gasteiger partial charge in [0.25, 0.3) is 15.9 Å². The molecule has 0 radical (unpaired) electrons. The van der Waals surface area contributed by atoms with Gasteiger partial charge in [-0.1, -0.05) is 18.2 Å².